The van der Waals surface area contributed by atoms with Crippen LogP contribution >= 0.6 is 15.9 Å². The SMILES string of the molecule is CCN(C)c1ccc(/C(N)=N/O)c(Br)c1F. The van der Waals surface area contributed by atoms with Crippen molar-refractivity contribution >= 4 is 27.5 Å². The number of nitrogens with zero attached hydrogens (tertiary/aromatic N) is 2. The van der Waals surface area contributed by atoms with E-state index in [1.807, 2.05) is 6.92 Å². The molecule has 0 aliphatic heterocycles. The van der Waals surface area contributed by atoms with Gasteiger partial charge in [-0.2, -0.15) is 0 Å². The smallest absolute Gasteiger partial charge is 0.171 e. The number of halogens is 2. The lowest BCUT2D eigenvalue weighted by molar-refractivity contribution is 0.318. The highest BCUT2D eigenvalue weighted by Gasteiger charge is 2.15. The van der Waals surface area contributed by atoms with Crippen LogP contribution in [0.3, 0.4) is 0 Å². The van der Waals surface area contributed by atoms with Crippen molar-refractivity contribution in [1.29, 1.82) is 0 Å². The van der Waals surface area contributed by atoms with Gasteiger partial charge in [0.25, 0.3) is 0 Å². The summed E-state index contributed by atoms with van der Waals surface area (Å²) in [5.74, 6) is -0.551. The van der Waals surface area contributed by atoms with Crippen LogP contribution in [-0.2, 0) is 0 Å². The second-order valence-electron chi connectivity index (χ2n) is 3.26. The van der Waals surface area contributed by atoms with Crippen molar-refractivity contribution in [1.82, 2.24) is 0 Å². The Morgan fingerprint density at radius 1 is 1.62 bits per heavy atom. The zero-order chi connectivity index (χ0) is 12.3. The van der Waals surface area contributed by atoms with Crippen molar-refractivity contribution in [2.45, 2.75) is 6.92 Å². The van der Waals surface area contributed by atoms with E-state index in [-0.39, 0.29) is 10.3 Å². The number of amidine groups is 1. The molecule has 1 aromatic rings. The summed E-state index contributed by atoms with van der Waals surface area (Å²) in [6, 6.07) is 3.20. The summed E-state index contributed by atoms with van der Waals surface area (Å²) >= 11 is 3.10. The average Bonchev–Trinajstić information content (AvgIpc) is 2.30. The first kappa shape index (κ1) is 12.8. The standard InChI is InChI=1S/C10H13BrFN3O/c1-3-15(2)7-5-4-6(10(13)14-16)8(11)9(7)12/h4-5,16H,3H2,1-2H3,(H2,13,14). The molecule has 1 aromatic carbocycles. The number of hydrogen-bond acceptors (Lipinski definition) is 3. The summed E-state index contributed by atoms with van der Waals surface area (Å²) in [7, 11) is 1.79. The van der Waals surface area contributed by atoms with E-state index < -0.39 is 5.82 Å². The van der Waals surface area contributed by atoms with Gasteiger partial charge < -0.3 is 15.8 Å². The molecule has 0 aliphatic rings. The maximum atomic E-state index is 13.9. The predicted molar refractivity (Wildman–Crippen MR) is 65.6 cm³/mol. The lowest BCUT2D eigenvalue weighted by Crippen LogP contribution is -2.19. The van der Waals surface area contributed by atoms with Crippen LogP contribution < -0.4 is 10.6 Å². The minimum atomic E-state index is -0.423. The number of nitrogens with two attached hydrogens (primary N) is 1. The van der Waals surface area contributed by atoms with Crippen molar-refractivity contribution < 1.29 is 9.60 Å². The minimum absolute atomic E-state index is 0.128. The molecule has 0 unspecified atom stereocenters. The largest absolute Gasteiger partial charge is 0.409 e. The highest BCUT2D eigenvalue weighted by atomic mass is 79.9. The van der Waals surface area contributed by atoms with Crippen molar-refractivity contribution in [2.75, 3.05) is 18.5 Å². The van der Waals surface area contributed by atoms with Gasteiger partial charge in [0.05, 0.1) is 10.2 Å². The van der Waals surface area contributed by atoms with Gasteiger partial charge in [-0.3, -0.25) is 0 Å². The van der Waals surface area contributed by atoms with Gasteiger partial charge in [-0.05, 0) is 35.0 Å². The van der Waals surface area contributed by atoms with E-state index in [1.54, 1.807) is 24.1 Å². The molecule has 3 N–H and O–H groups in total. The van der Waals surface area contributed by atoms with Crippen LogP contribution in [0.1, 0.15) is 12.5 Å². The van der Waals surface area contributed by atoms with E-state index in [4.69, 9.17) is 10.9 Å². The molecule has 88 valence electrons. The van der Waals surface area contributed by atoms with Crippen molar-refractivity contribution in [3.05, 3.63) is 28.0 Å². The van der Waals surface area contributed by atoms with Crippen molar-refractivity contribution in [2.24, 2.45) is 10.9 Å². The molecule has 0 aliphatic carbocycles. The Hall–Kier alpha value is -1.30. The molecule has 4 nitrogen and oxygen atoms in total. The molecule has 0 aromatic heterocycles. The maximum Gasteiger partial charge on any atom is 0.171 e. The molecule has 0 bridgehead atoms. The van der Waals surface area contributed by atoms with E-state index in [1.165, 1.54) is 0 Å². The maximum absolute atomic E-state index is 13.9. The number of oxime groups is 1. The molecule has 6 heteroatoms. The number of rotatable bonds is 3. The number of hydrogen-bond donors (Lipinski definition) is 2. The quantitative estimate of drug-likeness (QED) is 0.388. The Morgan fingerprint density at radius 3 is 2.75 bits per heavy atom. The minimum Gasteiger partial charge on any atom is -0.409 e. The van der Waals surface area contributed by atoms with Crippen LogP contribution in [0.15, 0.2) is 21.8 Å². The Bertz CT molecular complexity index is 423. The highest BCUT2D eigenvalue weighted by Crippen LogP contribution is 2.28. The van der Waals surface area contributed by atoms with Crippen molar-refractivity contribution in [3.8, 4) is 0 Å². The van der Waals surface area contributed by atoms with Crippen LogP contribution in [0.25, 0.3) is 0 Å². The van der Waals surface area contributed by atoms with Gasteiger partial charge in [0.15, 0.2) is 11.7 Å². The van der Waals surface area contributed by atoms with Gasteiger partial charge in [-0.25, -0.2) is 4.39 Å². The third kappa shape index (κ3) is 2.27. The zero-order valence-corrected chi connectivity index (χ0v) is 10.6. The highest BCUT2D eigenvalue weighted by molar-refractivity contribution is 9.10. The van der Waals surface area contributed by atoms with Gasteiger partial charge in [0, 0.05) is 19.2 Å². The molecule has 1 rings (SSSR count). The van der Waals surface area contributed by atoms with Crippen molar-refractivity contribution in [3.63, 3.8) is 0 Å². The summed E-state index contributed by atoms with van der Waals surface area (Å²) in [5, 5.41) is 11.4. The first-order valence-corrected chi connectivity index (χ1v) is 5.49. The predicted octanol–water partition coefficient (Wildman–Crippen LogP) is 2.14. The first-order chi connectivity index (χ1) is 7.52. The molecular formula is C10H13BrFN3O. The molecule has 16 heavy (non-hydrogen) atoms. The Kier molecular flexibility index (Phi) is 4.12. The number of benzene rings is 1. The summed E-state index contributed by atoms with van der Waals surface area (Å²) in [5.41, 5.74) is 6.20. The number of anilines is 1. The second-order valence-corrected chi connectivity index (χ2v) is 4.05. The van der Waals surface area contributed by atoms with E-state index >= 15 is 0 Å². The molecule has 0 atom stereocenters. The lowest BCUT2D eigenvalue weighted by Gasteiger charge is -2.19. The van der Waals surface area contributed by atoms with Crippen LogP contribution in [0.5, 0.6) is 0 Å². The molecule has 0 saturated carbocycles. The second kappa shape index (κ2) is 5.16. The molecule has 0 radical (unpaired) electrons. The third-order valence-electron chi connectivity index (χ3n) is 2.33. The van der Waals surface area contributed by atoms with E-state index in [2.05, 4.69) is 21.1 Å². The monoisotopic (exact) mass is 289 g/mol. The van der Waals surface area contributed by atoms with E-state index in [0.29, 0.717) is 17.8 Å². The normalized spacial score (nSPS) is 11.6. The zero-order valence-electron chi connectivity index (χ0n) is 9.04. The molecule has 0 spiro atoms. The third-order valence-corrected chi connectivity index (χ3v) is 3.11. The fourth-order valence-electron chi connectivity index (χ4n) is 1.26. The van der Waals surface area contributed by atoms with Gasteiger partial charge >= 0.3 is 0 Å². The Balaban J connectivity index is 3.29. The summed E-state index contributed by atoms with van der Waals surface area (Å²) in [6.45, 7) is 2.61. The first-order valence-electron chi connectivity index (χ1n) is 4.70. The summed E-state index contributed by atoms with van der Waals surface area (Å²) in [4.78, 5) is 1.76. The van der Waals surface area contributed by atoms with Crippen LogP contribution in [0, 0.1) is 5.82 Å². The van der Waals surface area contributed by atoms with E-state index in [0.717, 1.165) is 0 Å². The topological polar surface area (TPSA) is 61.8 Å². The molecule has 0 heterocycles. The van der Waals surface area contributed by atoms with Gasteiger partial charge in [-0.1, -0.05) is 5.16 Å². The lowest BCUT2D eigenvalue weighted by atomic mass is 10.1. The van der Waals surface area contributed by atoms with Crippen LogP contribution in [0.4, 0.5) is 10.1 Å². The van der Waals surface area contributed by atoms with Crippen LogP contribution in [-0.4, -0.2) is 24.6 Å². The molecular weight excluding hydrogens is 277 g/mol. The van der Waals surface area contributed by atoms with E-state index in [9.17, 15) is 4.39 Å². The Morgan fingerprint density at radius 2 is 2.25 bits per heavy atom. The van der Waals surface area contributed by atoms with Crippen LogP contribution in [0.2, 0.25) is 0 Å². The van der Waals surface area contributed by atoms with Gasteiger partial charge in [0.1, 0.15) is 0 Å². The molecule has 0 saturated heterocycles. The fourth-order valence-corrected chi connectivity index (χ4v) is 1.79. The van der Waals surface area contributed by atoms with Gasteiger partial charge in [0.2, 0.25) is 0 Å². The molecule has 0 amide bonds. The summed E-state index contributed by atoms with van der Waals surface area (Å²) < 4.78 is 14.1. The Labute approximate surface area is 102 Å². The van der Waals surface area contributed by atoms with Gasteiger partial charge in [-0.15, -0.1) is 0 Å². The summed E-state index contributed by atoms with van der Waals surface area (Å²) in [6.07, 6.45) is 0. The molecule has 0 fully saturated rings. The fraction of sp³-hybridized carbons (Fsp3) is 0.300. The average molecular weight is 290 g/mol.